The highest BCUT2D eigenvalue weighted by Crippen LogP contribution is 2.49. The first-order valence-electron chi connectivity index (χ1n) is 6.86. The van der Waals surface area contributed by atoms with Crippen LogP contribution in [0.4, 0.5) is 11.6 Å². The zero-order valence-corrected chi connectivity index (χ0v) is 11.0. The molecule has 0 amide bonds. The van der Waals surface area contributed by atoms with Gasteiger partial charge in [-0.15, -0.1) is 0 Å². The molecule has 1 heterocycles. The van der Waals surface area contributed by atoms with Crippen LogP contribution in [0.15, 0.2) is 12.4 Å². The molecule has 0 saturated heterocycles. The minimum atomic E-state index is -0.483. The lowest BCUT2D eigenvalue weighted by Crippen LogP contribution is -2.30. The van der Waals surface area contributed by atoms with Crippen LogP contribution in [-0.2, 0) is 0 Å². The third-order valence-electron chi connectivity index (χ3n) is 4.64. The van der Waals surface area contributed by atoms with Crippen molar-refractivity contribution in [3.05, 3.63) is 22.5 Å². The van der Waals surface area contributed by atoms with Crippen LogP contribution in [0.2, 0.25) is 0 Å². The number of anilines is 1. The zero-order valence-electron chi connectivity index (χ0n) is 11.0. The second kappa shape index (κ2) is 4.75. The van der Waals surface area contributed by atoms with Gasteiger partial charge in [-0.25, -0.2) is 9.97 Å². The van der Waals surface area contributed by atoms with E-state index in [1.807, 2.05) is 0 Å². The van der Waals surface area contributed by atoms with Crippen molar-refractivity contribution in [3.8, 4) is 0 Å². The van der Waals surface area contributed by atoms with Crippen molar-refractivity contribution < 1.29 is 4.92 Å². The molecule has 0 spiro atoms. The summed E-state index contributed by atoms with van der Waals surface area (Å²) in [5, 5.41) is 13.8. The molecule has 102 valence electrons. The number of nitrogens with one attached hydrogen (secondary N) is 1. The normalized spacial score (nSPS) is 30.3. The molecule has 0 aliphatic heterocycles. The summed E-state index contributed by atoms with van der Waals surface area (Å²) in [6.45, 7) is 2.16. The molecule has 19 heavy (non-hydrogen) atoms. The van der Waals surface area contributed by atoms with Gasteiger partial charge in [0.05, 0.1) is 4.92 Å². The second-order valence-electron chi connectivity index (χ2n) is 5.79. The molecular formula is C13H18N4O2. The van der Waals surface area contributed by atoms with E-state index >= 15 is 0 Å². The maximum absolute atomic E-state index is 10.5. The van der Waals surface area contributed by atoms with Gasteiger partial charge in [0.1, 0.15) is 12.4 Å². The zero-order chi connectivity index (χ0) is 13.4. The highest BCUT2D eigenvalue weighted by Gasteiger charge is 2.41. The summed E-state index contributed by atoms with van der Waals surface area (Å²) in [6.07, 6.45) is 7.92. The smallest absolute Gasteiger partial charge is 0.305 e. The quantitative estimate of drug-likeness (QED) is 0.666. The summed E-state index contributed by atoms with van der Waals surface area (Å²) in [4.78, 5) is 18.1. The molecule has 2 aliphatic carbocycles. The Kier molecular flexibility index (Phi) is 3.08. The summed E-state index contributed by atoms with van der Waals surface area (Å²) < 4.78 is 0. The Morgan fingerprint density at radius 1 is 1.37 bits per heavy atom. The standard InChI is InChI=1S/C13H18N4O2/c1-8(12-5-9-2-3-10(12)4-9)16-13-14-6-11(7-15-13)17(18)19/h6-10,12H,2-5H2,1H3,(H,14,15,16). The fourth-order valence-corrected chi connectivity index (χ4v) is 3.71. The minimum Gasteiger partial charge on any atom is -0.351 e. The maximum atomic E-state index is 10.5. The average Bonchev–Trinajstić information content (AvgIpc) is 3.01. The van der Waals surface area contributed by atoms with Gasteiger partial charge in [0.2, 0.25) is 5.95 Å². The number of nitro groups is 1. The number of rotatable bonds is 4. The summed E-state index contributed by atoms with van der Waals surface area (Å²) >= 11 is 0. The average molecular weight is 262 g/mol. The van der Waals surface area contributed by atoms with Crippen LogP contribution in [0, 0.1) is 27.9 Å². The number of hydrogen-bond donors (Lipinski definition) is 1. The Balaban J connectivity index is 1.63. The molecule has 6 heteroatoms. The Hall–Kier alpha value is -1.72. The first kappa shape index (κ1) is 12.3. The van der Waals surface area contributed by atoms with Crippen molar-refractivity contribution in [2.24, 2.45) is 17.8 Å². The van der Waals surface area contributed by atoms with E-state index in [1.165, 1.54) is 38.1 Å². The number of nitrogens with zero attached hydrogens (tertiary/aromatic N) is 3. The van der Waals surface area contributed by atoms with Crippen molar-refractivity contribution in [2.45, 2.75) is 38.6 Å². The molecular weight excluding hydrogens is 244 g/mol. The maximum Gasteiger partial charge on any atom is 0.305 e. The van der Waals surface area contributed by atoms with Crippen LogP contribution in [-0.4, -0.2) is 20.9 Å². The van der Waals surface area contributed by atoms with Crippen molar-refractivity contribution >= 4 is 11.6 Å². The van der Waals surface area contributed by atoms with Crippen LogP contribution in [0.1, 0.15) is 32.6 Å². The molecule has 3 rings (SSSR count). The van der Waals surface area contributed by atoms with E-state index in [2.05, 4.69) is 22.2 Å². The van der Waals surface area contributed by atoms with E-state index < -0.39 is 4.92 Å². The van der Waals surface area contributed by atoms with E-state index in [4.69, 9.17) is 0 Å². The van der Waals surface area contributed by atoms with Gasteiger partial charge in [0.15, 0.2) is 0 Å². The largest absolute Gasteiger partial charge is 0.351 e. The van der Waals surface area contributed by atoms with E-state index in [0.29, 0.717) is 17.9 Å². The fourth-order valence-electron chi connectivity index (χ4n) is 3.71. The van der Waals surface area contributed by atoms with E-state index in [0.717, 1.165) is 11.8 Å². The third-order valence-corrected chi connectivity index (χ3v) is 4.64. The Labute approximate surface area is 111 Å². The van der Waals surface area contributed by atoms with Gasteiger partial charge in [-0.2, -0.15) is 0 Å². The number of aromatic nitrogens is 2. The molecule has 4 atom stereocenters. The molecule has 2 saturated carbocycles. The Morgan fingerprint density at radius 2 is 2.11 bits per heavy atom. The molecule has 1 aromatic rings. The molecule has 2 fully saturated rings. The molecule has 0 aromatic carbocycles. The predicted octanol–water partition coefficient (Wildman–Crippen LogP) is 2.62. The van der Waals surface area contributed by atoms with Crippen LogP contribution in [0.3, 0.4) is 0 Å². The van der Waals surface area contributed by atoms with Gasteiger partial charge in [-0.05, 0) is 43.9 Å². The highest BCUT2D eigenvalue weighted by atomic mass is 16.6. The highest BCUT2D eigenvalue weighted by molar-refractivity contribution is 5.31. The summed E-state index contributed by atoms with van der Waals surface area (Å²) in [6, 6.07) is 0.330. The van der Waals surface area contributed by atoms with Crippen molar-refractivity contribution in [1.29, 1.82) is 0 Å². The Bertz CT molecular complexity index is 476. The van der Waals surface area contributed by atoms with Gasteiger partial charge in [0, 0.05) is 6.04 Å². The molecule has 6 nitrogen and oxygen atoms in total. The molecule has 2 bridgehead atoms. The minimum absolute atomic E-state index is 0.0712. The lowest BCUT2D eigenvalue weighted by atomic mass is 9.84. The molecule has 4 unspecified atom stereocenters. The summed E-state index contributed by atoms with van der Waals surface area (Å²) in [7, 11) is 0. The van der Waals surface area contributed by atoms with Crippen molar-refractivity contribution in [3.63, 3.8) is 0 Å². The fraction of sp³-hybridized carbons (Fsp3) is 0.692. The van der Waals surface area contributed by atoms with Gasteiger partial charge in [-0.1, -0.05) is 6.42 Å². The van der Waals surface area contributed by atoms with E-state index in [1.54, 1.807) is 0 Å². The van der Waals surface area contributed by atoms with E-state index in [-0.39, 0.29) is 5.69 Å². The number of fused-ring (bicyclic) bond motifs is 2. The topological polar surface area (TPSA) is 81.0 Å². The van der Waals surface area contributed by atoms with Crippen LogP contribution >= 0.6 is 0 Å². The lowest BCUT2D eigenvalue weighted by Gasteiger charge is -2.28. The number of hydrogen-bond acceptors (Lipinski definition) is 5. The first-order chi connectivity index (χ1) is 9.13. The SMILES string of the molecule is CC(Nc1ncc([N+](=O)[O-])cn1)C1CC2CCC1C2. The van der Waals surface area contributed by atoms with Crippen LogP contribution in [0.5, 0.6) is 0 Å². The van der Waals surface area contributed by atoms with E-state index in [9.17, 15) is 10.1 Å². The van der Waals surface area contributed by atoms with Crippen LogP contribution < -0.4 is 5.32 Å². The summed E-state index contributed by atoms with van der Waals surface area (Å²) in [5.41, 5.74) is -0.0712. The molecule has 2 aliphatic rings. The van der Waals surface area contributed by atoms with Crippen molar-refractivity contribution in [2.75, 3.05) is 5.32 Å². The van der Waals surface area contributed by atoms with Gasteiger partial charge < -0.3 is 5.32 Å². The summed E-state index contributed by atoms with van der Waals surface area (Å²) in [5.74, 6) is 2.93. The third kappa shape index (κ3) is 2.39. The lowest BCUT2D eigenvalue weighted by molar-refractivity contribution is -0.385. The monoisotopic (exact) mass is 262 g/mol. The van der Waals surface area contributed by atoms with Crippen molar-refractivity contribution in [1.82, 2.24) is 9.97 Å². The van der Waals surface area contributed by atoms with Crippen LogP contribution in [0.25, 0.3) is 0 Å². The van der Waals surface area contributed by atoms with Gasteiger partial charge in [0.25, 0.3) is 0 Å². The molecule has 1 N–H and O–H groups in total. The molecule has 0 radical (unpaired) electrons. The molecule has 1 aromatic heterocycles. The van der Waals surface area contributed by atoms with Gasteiger partial charge in [-0.3, -0.25) is 10.1 Å². The van der Waals surface area contributed by atoms with Gasteiger partial charge >= 0.3 is 5.69 Å². The Morgan fingerprint density at radius 3 is 2.63 bits per heavy atom. The first-order valence-corrected chi connectivity index (χ1v) is 6.86. The second-order valence-corrected chi connectivity index (χ2v) is 5.79. The predicted molar refractivity (Wildman–Crippen MR) is 70.7 cm³/mol.